The number of hydrogen-bond acceptors (Lipinski definition) is 3. The maximum Gasteiger partial charge on any atom is 0.419 e. The molecule has 1 saturated carbocycles. The Bertz CT molecular complexity index is 175. The van der Waals surface area contributed by atoms with Crippen molar-refractivity contribution in [3.05, 3.63) is 0 Å². The molecule has 0 aromatic heterocycles. The van der Waals surface area contributed by atoms with Crippen LogP contribution in [0, 0.1) is 0 Å². The summed E-state index contributed by atoms with van der Waals surface area (Å²) in [5, 5.41) is 17.8. The summed E-state index contributed by atoms with van der Waals surface area (Å²) < 4.78 is 0. The number of carbonyl (C=O) groups is 1. The molecule has 13 heavy (non-hydrogen) atoms. The molecule has 0 saturated heterocycles. The van der Waals surface area contributed by atoms with Crippen molar-refractivity contribution in [1.82, 2.24) is 10.9 Å². The Kier molecular flexibility index (Phi) is 3.98. The number of aliphatic hydroxyl groups excluding tert-OH is 1. The normalized spacial score (nSPS) is 29.3. The Hall–Kier alpha value is -0.810. The van der Waals surface area contributed by atoms with Crippen molar-refractivity contribution in [3.8, 4) is 0 Å². The second-order valence-corrected chi connectivity index (χ2v) is 3.45. The highest BCUT2D eigenvalue weighted by molar-refractivity contribution is 5.63. The predicted molar refractivity (Wildman–Crippen MR) is 47.2 cm³/mol. The highest BCUT2D eigenvalue weighted by Crippen LogP contribution is 2.17. The van der Waals surface area contributed by atoms with Gasteiger partial charge in [0.2, 0.25) is 0 Å². The number of aliphatic hydroxyl groups is 1. The minimum absolute atomic E-state index is 0.0635. The Morgan fingerprint density at radius 3 is 2.69 bits per heavy atom. The molecule has 1 rings (SSSR count). The lowest BCUT2D eigenvalue weighted by Gasteiger charge is -2.17. The van der Waals surface area contributed by atoms with E-state index in [9.17, 15) is 9.90 Å². The van der Waals surface area contributed by atoms with Crippen LogP contribution in [0.1, 0.15) is 32.1 Å². The van der Waals surface area contributed by atoms with Gasteiger partial charge in [-0.05, 0) is 19.3 Å². The molecule has 0 heterocycles. The molecule has 2 unspecified atom stereocenters. The predicted octanol–water partition coefficient (Wildman–Crippen LogP) is 0.452. The average molecular weight is 188 g/mol. The average Bonchev–Trinajstić information content (AvgIpc) is 2.26. The van der Waals surface area contributed by atoms with E-state index in [1.807, 2.05) is 0 Å². The standard InChI is InChI=1S/C8H16N2O3/c11-7-4-2-1-3-6(5-7)9-10-8(12)13/h6-7,9-11H,1-5H2,(H,12,13). The van der Waals surface area contributed by atoms with Crippen LogP contribution in [0.4, 0.5) is 4.79 Å². The van der Waals surface area contributed by atoms with Crippen LogP contribution in [0.3, 0.4) is 0 Å². The molecule has 0 aromatic rings. The van der Waals surface area contributed by atoms with Gasteiger partial charge in [-0.1, -0.05) is 12.8 Å². The molecule has 0 bridgehead atoms. The first-order chi connectivity index (χ1) is 6.18. The fourth-order valence-electron chi connectivity index (χ4n) is 1.63. The maximum absolute atomic E-state index is 10.2. The smallest absolute Gasteiger partial charge is 0.419 e. The van der Waals surface area contributed by atoms with Gasteiger partial charge in [0, 0.05) is 6.04 Å². The summed E-state index contributed by atoms with van der Waals surface area (Å²) in [6, 6.07) is 0.0635. The van der Waals surface area contributed by atoms with Gasteiger partial charge in [-0.15, -0.1) is 0 Å². The lowest BCUT2D eigenvalue weighted by atomic mass is 10.1. The van der Waals surface area contributed by atoms with Crippen molar-refractivity contribution in [3.63, 3.8) is 0 Å². The van der Waals surface area contributed by atoms with Crippen molar-refractivity contribution in [2.24, 2.45) is 0 Å². The summed E-state index contributed by atoms with van der Waals surface area (Å²) in [5.41, 5.74) is 4.80. The van der Waals surface area contributed by atoms with Crippen LogP contribution in [0.15, 0.2) is 0 Å². The molecule has 0 aliphatic heterocycles. The van der Waals surface area contributed by atoms with E-state index in [4.69, 9.17) is 5.11 Å². The van der Waals surface area contributed by atoms with Crippen molar-refractivity contribution in [2.45, 2.75) is 44.2 Å². The molecule has 5 nitrogen and oxygen atoms in total. The van der Waals surface area contributed by atoms with Crippen LogP contribution in [0.5, 0.6) is 0 Å². The van der Waals surface area contributed by atoms with Crippen molar-refractivity contribution in [1.29, 1.82) is 0 Å². The van der Waals surface area contributed by atoms with E-state index in [1.165, 1.54) is 0 Å². The van der Waals surface area contributed by atoms with Gasteiger partial charge in [0.25, 0.3) is 0 Å². The molecule has 0 radical (unpaired) electrons. The molecule has 5 heteroatoms. The fraction of sp³-hybridized carbons (Fsp3) is 0.875. The van der Waals surface area contributed by atoms with Gasteiger partial charge >= 0.3 is 6.09 Å². The van der Waals surface area contributed by atoms with E-state index < -0.39 is 6.09 Å². The molecule has 4 N–H and O–H groups in total. The molecule has 76 valence electrons. The first-order valence-corrected chi connectivity index (χ1v) is 4.61. The molecule has 0 aromatic carbocycles. The number of carboxylic acid groups (broad SMARTS) is 1. The zero-order valence-electron chi connectivity index (χ0n) is 7.49. The molecule has 1 fully saturated rings. The summed E-state index contributed by atoms with van der Waals surface area (Å²) in [5.74, 6) is 0. The van der Waals surface area contributed by atoms with E-state index in [0.29, 0.717) is 6.42 Å². The second kappa shape index (κ2) is 5.04. The zero-order valence-corrected chi connectivity index (χ0v) is 7.49. The summed E-state index contributed by atoms with van der Waals surface area (Å²) in [7, 11) is 0. The summed E-state index contributed by atoms with van der Waals surface area (Å²) in [6.45, 7) is 0. The molecule has 0 spiro atoms. The maximum atomic E-state index is 10.2. The van der Waals surface area contributed by atoms with E-state index in [0.717, 1.165) is 25.7 Å². The van der Waals surface area contributed by atoms with Gasteiger partial charge in [-0.2, -0.15) is 0 Å². The SMILES string of the molecule is O=C(O)NNC1CCCCC(O)C1. The van der Waals surface area contributed by atoms with Crippen LogP contribution >= 0.6 is 0 Å². The van der Waals surface area contributed by atoms with Crippen LogP contribution < -0.4 is 10.9 Å². The minimum Gasteiger partial charge on any atom is -0.464 e. The second-order valence-electron chi connectivity index (χ2n) is 3.45. The van der Waals surface area contributed by atoms with Gasteiger partial charge in [-0.3, -0.25) is 5.43 Å². The van der Waals surface area contributed by atoms with E-state index in [2.05, 4.69) is 10.9 Å². The third-order valence-corrected chi connectivity index (χ3v) is 2.28. The first-order valence-electron chi connectivity index (χ1n) is 4.61. The fourth-order valence-corrected chi connectivity index (χ4v) is 1.63. The minimum atomic E-state index is -1.08. The Balaban J connectivity index is 2.26. The van der Waals surface area contributed by atoms with Gasteiger partial charge in [0.05, 0.1) is 6.10 Å². The van der Waals surface area contributed by atoms with Gasteiger partial charge in [-0.25, -0.2) is 10.2 Å². The molecular weight excluding hydrogens is 172 g/mol. The Morgan fingerprint density at radius 1 is 1.31 bits per heavy atom. The quantitative estimate of drug-likeness (QED) is 0.374. The number of amides is 1. The highest BCUT2D eigenvalue weighted by atomic mass is 16.4. The number of nitrogens with one attached hydrogen (secondary N) is 2. The van der Waals surface area contributed by atoms with Crippen LogP contribution in [0.2, 0.25) is 0 Å². The van der Waals surface area contributed by atoms with Crippen molar-refractivity contribution >= 4 is 6.09 Å². The first kappa shape index (κ1) is 10.3. The largest absolute Gasteiger partial charge is 0.464 e. The lowest BCUT2D eigenvalue weighted by molar-refractivity contribution is 0.141. The van der Waals surface area contributed by atoms with Gasteiger partial charge < -0.3 is 10.2 Å². The number of rotatable bonds is 2. The van der Waals surface area contributed by atoms with Crippen molar-refractivity contribution < 1.29 is 15.0 Å². The summed E-state index contributed by atoms with van der Waals surface area (Å²) >= 11 is 0. The van der Waals surface area contributed by atoms with E-state index in [-0.39, 0.29) is 12.1 Å². The monoisotopic (exact) mass is 188 g/mol. The number of hydrogen-bond donors (Lipinski definition) is 4. The summed E-state index contributed by atoms with van der Waals surface area (Å²) in [4.78, 5) is 10.2. The Morgan fingerprint density at radius 2 is 2.00 bits per heavy atom. The van der Waals surface area contributed by atoms with Crippen LogP contribution in [-0.4, -0.2) is 28.5 Å². The van der Waals surface area contributed by atoms with Crippen LogP contribution in [0.25, 0.3) is 0 Å². The third-order valence-electron chi connectivity index (χ3n) is 2.28. The topological polar surface area (TPSA) is 81.6 Å². The summed E-state index contributed by atoms with van der Waals surface area (Å²) in [6.07, 6.45) is 3.04. The van der Waals surface area contributed by atoms with E-state index >= 15 is 0 Å². The third kappa shape index (κ3) is 4.10. The Labute approximate surface area is 77.1 Å². The molecular formula is C8H16N2O3. The molecule has 2 atom stereocenters. The lowest BCUT2D eigenvalue weighted by Crippen LogP contribution is -2.44. The number of hydrazine groups is 1. The van der Waals surface area contributed by atoms with Gasteiger partial charge in [0.1, 0.15) is 0 Å². The molecule has 1 amide bonds. The highest BCUT2D eigenvalue weighted by Gasteiger charge is 2.18. The van der Waals surface area contributed by atoms with E-state index in [1.54, 1.807) is 0 Å². The molecule has 1 aliphatic rings. The van der Waals surface area contributed by atoms with Crippen LogP contribution in [-0.2, 0) is 0 Å². The molecule has 1 aliphatic carbocycles. The van der Waals surface area contributed by atoms with Crippen molar-refractivity contribution in [2.75, 3.05) is 0 Å². The zero-order chi connectivity index (χ0) is 9.68. The van der Waals surface area contributed by atoms with Gasteiger partial charge in [0.15, 0.2) is 0 Å².